The van der Waals surface area contributed by atoms with Crippen LogP contribution in [0.15, 0.2) is 64.2 Å². The summed E-state index contributed by atoms with van der Waals surface area (Å²) in [4.78, 5) is 53.2. The number of H-pyrrole nitrogens is 1. The van der Waals surface area contributed by atoms with Gasteiger partial charge >= 0.3 is 5.69 Å². The lowest BCUT2D eigenvalue weighted by atomic mass is 10.2. The standard InChI is InChI=1S/C25H30N6O5/c1-36-15-5-13-30(14-12-20(32)28-19-10-8-18(9-11-19)23(27)33)21-22(26)31(25(35)29-24(21)34)16-17-6-3-2-4-7-17/h2-4,6-11H,5,12-16,26H2,1H3,(H2,27,33)(H,28,32)(H,29,34,35). The fourth-order valence-electron chi connectivity index (χ4n) is 3.72. The van der Waals surface area contributed by atoms with Crippen LogP contribution in [0, 0.1) is 0 Å². The molecule has 0 spiro atoms. The number of primary amides is 1. The van der Waals surface area contributed by atoms with Crippen molar-refractivity contribution in [3.63, 3.8) is 0 Å². The summed E-state index contributed by atoms with van der Waals surface area (Å²) in [6, 6.07) is 15.5. The molecular formula is C25H30N6O5. The first kappa shape index (κ1) is 26.2. The number of methoxy groups -OCH3 is 1. The number of rotatable bonds is 12. The van der Waals surface area contributed by atoms with Gasteiger partial charge in [-0.25, -0.2) is 4.79 Å². The van der Waals surface area contributed by atoms with Gasteiger partial charge in [0.1, 0.15) is 11.5 Å². The molecule has 0 aliphatic carbocycles. The molecule has 6 N–H and O–H groups in total. The maximum Gasteiger partial charge on any atom is 0.330 e. The number of ether oxygens (including phenoxy) is 1. The number of aromatic nitrogens is 2. The van der Waals surface area contributed by atoms with Gasteiger partial charge in [-0.3, -0.25) is 23.9 Å². The van der Waals surface area contributed by atoms with E-state index in [0.29, 0.717) is 30.8 Å². The van der Waals surface area contributed by atoms with E-state index in [9.17, 15) is 19.2 Å². The molecule has 2 amide bonds. The molecule has 1 heterocycles. The van der Waals surface area contributed by atoms with Crippen molar-refractivity contribution in [1.82, 2.24) is 9.55 Å². The number of hydrogen-bond acceptors (Lipinski definition) is 7. The molecule has 0 fully saturated rings. The lowest BCUT2D eigenvalue weighted by Crippen LogP contribution is -2.40. The number of benzene rings is 2. The first-order valence-corrected chi connectivity index (χ1v) is 11.4. The molecule has 1 aromatic heterocycles. The van der Waals surface area contributed by atoms with E-state index in [1.54, 1.807) is 24.1 Å². The molecule has 0 bridgehead atoms. The van der Waals surface area contributed by atoms with Gasteiger partial charge in [0.2, 0.25) is 11.8 Å². The summed E-state index contributed by atoms with van der Waals surface area (Å²) in [6.07, 6.45) is 0.616. The summed E-state index contributed by atoms with van der Waals surface area (Å²) in [5.74, 6) is -0.838. The fraction of sp³-hybridized carbons (Fsp3) is 0.280. The molecule has 0 aliphatic rings. The first-order chi connectivity index (χ1) is 17.3. The molecule has 0 atom stereocenters. The average Bonchev–Trinajstić information content (AvgIpc) is 2.85. The molecule has 2 aromatic carbocycles. The van der Waals surface area contributed by atoms with Crippen LogP contribution in [0.2, 0.25) is 0 Å². The summed E-state index contributed by atoms with van der Waals surface area (Å²) in [5.41, 5.74) is 12.1. The fourth-order valence-corrected chi connectivity index (χ4v) is 3.72. The number of hydrogen-bond donors (Lipinski definition) is 4. The van der Waals surface area contributed by atoms with Gasteiger partial charge in [-0.15, -0.1) is 0 Å². The average molecular weight is 495 g/mol. The Bertz CT molecular complexity index is 1300. The zero-order valence-electron chi connectivity index (χ0n) is 20.0. The minimum Gasteiger partial charge on any atom is -0.385 e. The largest absolute Gasteiger partial charge is 0.385 e. The molecule has 0 radical (unpaired) electrons. The van der Waals surface area contributed by atoms with Crippen molar-refractivity contribution in [3.8, 4) is 0 Å². The molecule has 3 rings (SSSR count). The van der Waals surface area contributed by atoms with Crippen LogP contribution >= 0.6 is 0 Å². The number of anilines is 3. The summed E-state index contributed by atoms with van der Waals surface area (Å²) in [5, 5.41) is 2.75. The lowest BCUT2D eigenvalue weighted by Gasteiger charge is -2.26. The van der Waals surface area contributed by atoms with E-state index in [1.807, 2.05) is 30.3 Å². The lowest BCUT2D eigenvalue weighted by molar-refractivity contribution is -0.116. The Morgan fingerprint density at radius 2 is 1.75 bits per heavy atom. The van der Waals surface area contributed by atoms with Crippen molar-refractivity contribution in [2.75, 3.05) is 42.8 Å². The molecule has 36 heavy (non-hydrogen) atoms. The Balaban J connectivity index is 1.80. The Morgan fingerprint density at radius 1 is 1.06 bits per heavy atom. The van der Waals surface area contributed by atoms with Crippen LogP contribution in [0.3, 0.4) is 0 Å². The second-order valence-corrected chi connectivity index (χ2v) is 8.14. The molecule has 0 saturated carbocycles. The van der Waals surface area contributed by atoms with Crippen LogP contribution in [-0.4, -0.2) is 48.2 Å². The first-order valence-electron chi connectivity index (χ1n) is 11.4. The van der Waals surface area contributed by atoms with Crippen molar-refractivity contribution in [1.29, 1.82) is 0 Å². The Kier molecular flexibility index (Phi) is 9.01. The van der Waals surface area contributed by atoms with Crippen molar-refractivity contribution >= 4 is 29.0 Å². The number of amides is 2. The second kappa shape index (κ2) is 12.4. The van der Waals surface area contributed by atoms with Gasteiger partial charge in [-0.2, -0.15) is 0 Å². The number of nitrogens with one attached hydrogen (secondary N) is 2. The monoisotopic (exact) mass is 494 g/mol. The smallest absolute Gasteiger partial charge is 0.330 e. The number of nitrogen functional groups attached to an aromatic ring is 1. The third-order valence-electron chi connectivity index (χ3n) is 5.55. The summed E-state index contributed by atoms with van der Waals surface area (Å²) in [6.45, 7) is 1.18. The minimum absolute atomic E-state index is 0.0208. The van der Waals surface area contributed by atoms with Gasteiger partial charge in [0.25, 0.3) is 5.56 Å². The van der Waals surface area contributed by atoms with Crippen molar-refractivity contribution in [2.45, 2.75) is 19.4 Å². The molecule has 11 nitrogen and oxygen atoms in total. The van der Waals surface area contributed by atoms with Gasteiger partial charge in [0.15, 0.2) is 0 Å². The van der Waals surface area contributed by atoms with E-state index < -0.39 is 17.2 Å². The maximum absolute atomic E-state index is 12.8. The molecule has 3 aromatic rings. The Morgan fingerprint density at radius 3 is 2.39 bits per heavy atom. The number of carbonyl (C=O) groups is 2. The van der Waals surface area contributed by atoms with E-state index in [0.717, 1.165) is 5.56 Å². The summed E-state index contributed by atoms with van der Waals surface area (Å²) >= 11 is 0. The van der Waals surface area contributed by atoms with Gasteiger partial charge in [-0.1, -0.05) is 30.3 Å². The highest BCUT2D eigenvalue weighted by atomic mass is 16.5. The van der Waals surface area contributed by atoms with Crippen LogP contribution < -0.4 is 32.9 Å². The van der Waals surface area contributed by atoms with E-state index in [2.05, 4.69) is 10.3 Å². The van der Waals surface area contributed by atoms with Crippen molar-refractivity contribution in [2.24, 2.45) is 5.73 Å². The number of nitrogens with two attached hydrogens (primary N) is 2. The van der Waals surface area contributed by atoms with E-state index >= 15 is 0 Å². The number of aromatic amines is 1. The summed E-state index contributed by atoms with van der Waals surface area (Å²) < 4.78 is 6.43. The third-order valence-corrected chi connectivity index (χ3v) is 5.55. The van der Waals surface area contributed by atoms with Crippen LogP contribution in [0.5, 0.6) is 0 Å². The zero-order chi connectivity index (χ0) is 26.1. The minimum atomic E-state index is -0.623. The van der Waals surface area contributed by atoms with E-state index in [4.69, 9.17) is 16.2 Å². The van der Waals surface area contributed by atoms with Gasteiger partial charge < -0.3 is 26.4 Å². The quantitative estimate of drug-likeness (QED) is 0.274. The topological polar surface area (TPSA) is 166 Å². The molecule has 0 saturated heterocycles. The van der Waals surface area contributed by atoms with Crippen LogP contribution in [-0.2, 0) is 16.1 Å². The molecule has 0 aliphatic heterocycles. The SMILES string of the molecule is COCCCN(CCC(=O)Nc1ccc(C(N)=O)cc1)c1c(N)n(Cc2ccccc2)c(=O)[nH]c1=O. The highest BCUT2D eigenvalue weighted by molar-refractivity contribution is 5.94. The van der Waals surface area contributed by atoms with Crippen LogP contribution in [0.25, 0.3) is 0 Å². The van der Waals surface area contributed by atoms with Gasteiger partial charge in [0.05, 0.1) is 6.54 Å². The highest BCUT2D eigenvalue weighted by Crippen LogP contribution is 2.19. The highest BCUT2D eigenvalue weighted by Gasteiger charge is 2.20. The molecule has 11 heteroatoms. The molecule has 0 unspecified atom stereocenters. The maximum atomic E-state index is 12.8. The van der Waals surface area contributed by atoms with Crippen molar-refractivity contribution in [3.05, 3.63) is 86.6 Å². The predicted octanol–water partition coefficient (Wildman–Crippen LogP) is 1.14. The van der Waals surface area contributed by atoms with Gasteiger partial charge in [0, 0.05) is 44.5 Å². The van der Waals surface area contributed by atoms with Crippen LogP contribution in [0.1, 0.15) is 28.8 Å². The molecule has 190 valence electrons. The molecular weight excluding hydrogens is 464 g/mol. The van der Waals surface area contributed by atoms with E-state index in [1.165, 1.54) is 16.7 Å². The predicted molar refractivity (Wildman–Crippen MR) is 138 cm³/mol. The number of carbonyl (C=O) groups excluding carboxylic acids is 2. The van der Waals surface area contributed by atoms with Crippen molar-refractivity contribution < 1.29 is 14.3 Å². The number of nitrogens with zero attached hydrogens (tertiary/aromatic N) is 2. The zero-order valence-corrected chi connectivity index (χ0v) is 20.0. The second-order valence-electron chi connectivity index (χ2n) is 8.14. The van der Waals surface area contributed by atoms with E-state index in [-0.39, 0.29) is 36.9 Å². The van der Waals surface area contributed by atoms with Gasteiger partial charge in [-0.05, 0) is 36.2 Å². The summed E-state index contributed by atoms with van der Waals surface area (Å²) in [7, 11) is 1.57. The third kappa shape index (κ3) is 6.83. The Hall–Kier alpha value is -4.38. The van der Waals surface area contributed by atoms with Crippen LogP contribution in [0.4, 0.5) is 17.2 Å². The normalized spacial score (nSPS) is 10.7. The Labute approximate surface area is 207 Å².